The molecule has 0 saturated heterocycles. The van der Waals surface area contributed by atoms with Gasteiger partial charge in [0.1, 0.15) is 5.76 Å². The van der Waals surface area contributed by atoms with Gasteiger partial charge in [-0.15, -0.1) is 0 Å². The summed E-state index contributed by atoms with van der Waals surface area (Å²) < 4.78 is 10.2. The van der Waals surface area contributed by atoms with Crippen molar-refractivity contribution in [3.8, 4) is 0 Å². The minimum atomic E-state index is -0.420. The summed E-state index contributed by atoms with van der Waals surface area (Å²) in [6.45, 7) is 2.80. The molecule has 0 atom stereocenters. The van der Waals surface area contributed by atoms with Gasteiger partial charge in [-0.25, -0.2) is 4.79 Å². The first-order valence-electron chi connectivity index (χ1n) is 9.32. The van der Waals surface area contributed by atoms with Gasteiger partial charge in [-0.2, -0.15) is 0 Å². The Bertz CT molecular complexity index is 779. The fourth-order valence-electron chi connectivity index (χ4n) is 3.56. The second kappa shape index (κ2) is 8.86. The molecule has 0 aliphatic heterocycles. The monoisotopic (exact) mass is 370 g/mol. The van der Waals surface area contributed by atoms with E-state index in [2.05, 4.69) is 10.2 Å². The van der Waals surface area contributed by atoms with Gasteiger partial charge < -0.3 is 14.5 Å². The van der Waals surface area contributed by atoms with Crippen LogP contribution in [0.25, 0.3) is 0 Å². The molecule has 1 aromatic carbocycles. The van der Waals surface area contributed by atoms with Gasteiger partial charge in [-0.3, -0.25) is 9.69 Å². The number of nitrogens with one attached hydrogen (secondary N) is 1. The Balaban J connectivity index is 1.69. The Morgan fingerprint density at radius 1 is 1.26 bits per heavy atom. The summed E-state index contributed by atoms with van der Waals surface area (Å²) in [5, 5.41) is 2.94. The number of anilines is 1. The number of benzene rings is 1. The number of methoxy groups -OCH3 is 1. The minimum Gasteiger partial charge on any atom is -0.468 e. The molecule has 0 spiro atoms. The van der Waals surface area contributed by atoms with E-state index in [4.69, 9.17) is 9.15 Å². The Kier molecular flexibility index (Phi) is 6.29. The standard InChI is InChI=1S/C21H26N2O4/c1-15-9-10-16(21(25)26-2)12-19(15)22-20(24)14-23(17-6-3-4-7-17)13-18-8-5-11-27-18/h5,8-12,17H,3-4,6-7,13-14H2,1-2H3,(H,22,24). The summed E-state index contributed by atoms with van der Waals surface area (Å²) in [6.07, 6.45) is 6.25. The SMILES string of the molecule is COC(=O)c1ccc(C)c(NC(=O)CN(Cc2ccco2)C2CCCC2)c1. The number of nitrogens with zero attached hydrogens (tertiary/aromatic N) is 1. The average Bonchev–Trinajstić information content (AvgIpc) is 3.36. The zero-order valence-corrected chi connectivity index (χ0v) is 15.9. The van der Waals surface area contributed by atoms with Crippen LogP contribution in [0.3, 0.4) is 0 Å². The van der Waals surface area contributed by atoms with Crippen molar-refractivity contribution in [3.05, 3.63) is 53.5 Å². The van der Waals surface area contributed by atoms with Gasteiger partial charge in [0.2, 0.25) is 5.91 Å². The lowest BCUT2D eigenvalue weighted by molar-refractivity contribution is -0.118. The van der Waals surface area contributed by atoms with Crippen LogP contribution in [-0.2, 0) is 16.1 Å². The molecule has 1 aromatic heterocycles. The highest BCUT2D eigenvalue weighted by Gasteiger charge is 2.25. The molecule has 1 N–H and O–H groups in total. The van der Waals surface area contributed by atoms with Crippen LogP contribution in [0.1, 0.15) is 47.4 Å². The smallest absolute Gasteiger partial charge is 0.337 e. The number of esters is 1. The molecule has 1 heterocycles. The summed E-state index contributed by atoms with van der Waals surface area (Å²) in [6, 6.07) is 9.35. The maximum absolute atomic E-state index is 12.7. The van der Waals surface area contributed by atoms with Crippen molar-refractivity contribution >= 4 is 17.6 Å². The van der Waals surface area contributed by atoms with E-state index in [0.717, 1.165) is 24.2 Å². The number of rotatable bonds is 7. The minimum absolute atomic E-state index is 0.0985. The summed E-state index contributed by atoms with van der Waals surface area (Å²) in [7, 11) is 1.34. The van der Waals surface area contributed by atoms with Crippen molar-refractivity contribution in [1.82, 2.24) is 4.90 Å². The topological polar surface area (TPSA) is 71.8 Å². The summed E-state index contributed by atoms with van der Waals surface area (Å²) >= 11 is 0. The predicted octanol–water partition coefficient (Wildman–Crippen LogP) is 3.76. The molecule has 0 radical (unpaired) electrons. The van der Waals surface area contributed by atoms with Crippen LogP contribution >= 0.6 is 0 Å². The highest BCUT2D eigenvalue weighted by molar-refractivity contribution is 5.96. The number of hydrogen-bond donors (Lipinski definition) is 1. The zero-order valence-electron chi connectivity index (χ0n) is 15.9. The van der Waals surface area contributed by atoms with Crippen LogP contribution in [0.15, 0.2) is 41.0 Å². The maximum Gasteiger partial charge on any atom is 0.337 e. The molecule has 2 aromatic rings. The fraction of sp³-hybridized carbons (Fsp3) is 0.429. The van der Waals surface area contributed by atoms with Crippen molar-refractivity contribution in [2.75, 3.05) is 19.0 Å². The van der Waals surface area contributed by atoms with Gasteiger partial charge >= 0.3 is 5.97 Å². The number of hydrogen-bond acceptors (Lipinski definition) is 5. The number of amides is 1. The second-order valence-electron chi connectivity index (χ2n) is 6.99. The molecule has 144 valence electrons. The second-order valence-corrected chi connectivity index (χ2v) is 6.99. The molecule has 0 bridgehead atoms. The van der Waals surface area contributed by atoms with E-state index in [9.17, 15) is 9.59 Å². The lowest BCUT2D eigenvalue weighted by atomic mass is 10.1. The molecular formula is C21H26N2O4. The summed E-state index contributed by atoms with van der Waals surface area (Å²) in [4.78, 5) is 26.6. The number of carbonyl (C=O) groups is 2. The number of ether oxygens (including phenoxy) is 1. The molecule has 6 nitrogen and oxygen atoms in total. The Hall–Kier alpha value is -2.60. The number of aryl methyl sites for hydroxylation is 1. The molecule has 3 rings (SSSR count). The quantitative estimate of drug-likeness (QED) is 0.752. The first-order valence-corrected chi connectivity index (χ1v) is 9.32. The Morgan fingerprint density at radius 2 is 2.04 bits per heavy atom. The van der Waals surface area contributed by atoms with Crippen LogP contribution in [0, 0.1) is 6.92 Å². The predicted molar refractivity (Wildman–Crippen MR) is 103 cm³/mol. The normalized spacial score (nSPS) is 14.5. The molecule has 6 heteroatoms. The Labute approximate surface area is 159 Å². The fourth-order valence-corrected chi connectivity index (χ4v) is 3.56. The van der Waals surface area contributed by atoms with E-state index < -0.39 is 5.97 Å². The van der Waals surface area contributed by atoms with E-state index in [0.29, 0.717) is 23.8 Å². The summed E-state index contributed by atoms with van der Waals surface area (Å²) in [5.41, 5.74) is 1.95. The highest BCUT2D eigenvalue weighted by Crippen LogP contribution is 2.25. The van der Waals surface area contributed by atoms with Gasteiger partial charge in [-0.05, 0) is 49.6 Å². The molecule has 1 fully saturated rings. The number of carbonyl (C=O) groups excluding carboxylic acids is 2. The van der Waals surface area contributed by atoms with E-state index >= 15 is 0 Å². The van der Waals surface area contributed by atoms with Crippen LogP contribution in [0.4, 0.5) is 5.69 Å². The first kappa shape index (κ1) is 19.2. The van der Waals surface area contributed by atoms with E-state index in [1.807, 2.05) is 19.1 Å². The average molecular weight is 370 g/mol. The van der Waals surface area contributed by atoms with Crippen molar-refractivity contribution in [1.29, 1.82) is 0 Å². The van der Waals surface area contributed by atoms with E-state index in [1.54, 1.807) is 24.5 Å². The lowest BCUT2D eigenvalue weighted by Gasteiger charge is -2.27. The van der Waals surface area contributed by atoms with Crippen LogP contribution in [0.5, 0.6) is 0 Å². The van der Waals surface area contributed by atoms with Gasteiger partial charge in [0.25, 0.3) is 0 Å². The Morgan fingerprint density at radius 3 is 2.70 bits per heavy atom. The largest absolute Gasteiger partial charge is 0.468 e. The van der Waals surface area contributed by atoms with Gasteiger partial charge in [0.15, 0.2) is 0 Å². The lowest BCUT2D eigenvalue weighted by Crippen LogP contribution is -2.39. The first-order chi connectivity index (χ1) is 13.1. The zero-order chi connectivity index (χ0) is 19.2. The van der Waals surface area contributed by atoms with E-state index in [-0.39, 0.29) is 12.5 Å². The van der Waals surface area contributed by atoms with E-state index in [1.165, 1.54) is 20.0 Å². The highest BCUT2D eigenvalue weighted by atomic mass is 16.5. The molecule has 1 aliphatic rings. The molecule has 1 saturated carbocycles. The molecular weight excluding hydrogens is 344 g/mol. The van der Waals surface area contributed by atoms with Crippen molar-refractivity contribution in [2.24, 2.45) is 0 Å². The van der Waals surface area contributed by atoms with Gasteiger partial charge in [0.05, 0.1) is 32.0 Å². The van der Waals surface area contributed by atoms with Gasteiger partial charge in [-0.1, -0.05) is 18.9 Å². The maximum atomic E-state index is 12.7. The molecule has 1 amide bonds. The number of furan rings is 1. The third-order valence-corrected chi connectivity index (χ3v) is 5.06. The van der Waals surface area contributed by atoms with Gasteiger partial charge in [0, 0.05) is 11.7 Å². The molecule has 1 aliphatic carbocycles. The van der Waals surface area contributed by atoms with Crippen molar-refractivity contribution in [3.63, 3.8) is 0 Å². The molecule has 27 heavy (non-hydrogen) atoms. The van der Waals surface area contributed by atoms with Crippen LogP contribution in [0.2, 0.25) is 0 Å². The van der Waals surface area contributed by atoms with Crippen molar-refractivity contribution in [2.45, 2.75) is 45.2 Å². The third kappa shape index (κ3) is 4.98. The molecule has 0 unspecified atom stereocenters. The van der Waals surface area contributed by atoms with Crippen LogP contribution in [-0.4, -0.2) is 36.5 Å². The van der Waals surface area contributed by atoms with Crippen molar-refractivity contribution < 1.29 is 18.7 Å². The third-order valence-electron chi connectivity index (χ3n) is 5.06. The summed E-state index contributed by atoms with van der Waals surface area (Å²) in [5.74, 6) is 0.341. The van der Waals surface area contributed by atoms with Crippen LogP contribution < -0.4 is 5.32 Å².